The summed E-state index contributed by atoms with van der Waals surface area (Å²) in [6.07, 6.45) is 1.27. The van der Waals surface area contributed by atoms with Crippen molar-refractivity contribution >= 4 is 39.0 Å². The average Bonchev–Trinajstić information content (AvgIpc) is 3.31. The number of rotatable bonds is 7. The lowest BCUT2D eigenvalue weighted by molar-refractivity contribution is -0.123. The number of nitrogens with zero attached hydrogens (tertiary/aromatic N) is 2. The minimum Gasteiger partial charge on any atom is -0.354 e. The zero-order valence-corrected chi connectivity index (χ0v) is 17.8. The molecule has 1 amide bonds. The van der Waals surface area contributed by atoms with Gasteiger partial charge in [0, 0.05) is 24.1 Å². The van der Waals surface area contributed by atoms with Crippen LogP contribution in [0.2, 0.25) is 0 Å². The minimum atomic E-state index is -3.71. The van der Waals surface area contributed by atoms with Crippen LogP contribution in [-0.2, 0) is 27.7 Å². The third kappa shape index (κ3) is 4.53. The highest BCUT2D eigenvalue weighted by Crippen LogP contribution is 2.30. The van der Waals surface area contributed by atoms with Gasteiger partial charge in [0.2, 0.25) is 15.9 Å². The van der Waals surface area contributed by atoms with Gasteiger partial charge >= 0.3 is 0 Å². The molecule has 1 fully saturated rings. The Hall–Kier alpha value is -1.42. The van der Waals surface area contributed by atoms with Gasteiger partial charge < -0.3 is 5.32 Å². The lowest BCUT2D eigenvalue weighted by Gasteiger charge is -2.23. The zero-order chi connectivity index (χ0) is 19.4. The number of nitrogens with one attached hydrogen (secondary N) is 1. The van der Waals surface area contributed by atoms with Gasteiger partial charge in [0.1, 0.15) is 6.04 Å². The van der Waals surface area contributed by atoms with Crippen molar-refractivity contribution in [2.75, 3.05) is 18.2 Å². The van der Waals surface area contributed by atoms with E-state index in [1.807, 2.05) is 31.4 Å². The van der Waals surface area contributed by atoms with Crippen molar-refractivity contribution in [3.05, 3.63) is 45.9 Å². The molecule has 2 aromatic rings. The largest absolute Gasteiger partial charge is 0.354 e. The summed E-state index contributed by atoms with van der Waals surface area (Å²) in [5.74, 6) is 0.517. The topological polar surface area (TPSA) is 79.4 Å². The molecule has 1 aromatic heterocycles. The molecule has 1 N–H and O–H groups in total. The first-order valence-corrected chi connectivity index (χ1v) is 12.3. The van der Waals surface area contributed by atoms with Gasteiger partial charge in [-0.25, -0.2) is 13.4 Å². The van der Waals surface area contributed by atoms with E-state index in [0.29, 0.717) is 35.9 Å². The van der Waals surface area contributed by atoms with Crippen LogP contribution in [0.3, 0.4) is 0 Å². The molecule has 0 saturated carbocycles. The molecule has 1 aliphatic rings. The second-order valence-corrected chi connectivity index (χ2v) is 10.2. The molecular weight excluding hydrogens is 402 g/mol. The molecule has 0 spiro atoms. The fourth-order valence-electron chi connectivity index (χ4n) is 3.00. The van der Waals surface area contributed by atoms with E-state index in [4.69, 9.17) is 0 Å². The Morgan fingerprint density at radius 2 is 2.15 bits per heavy atom. The smallest absolute Gasteiger partial charge is 0.244 e. The van der Waals surface area contributed by atoms with E-state index in [-0.39, 0.29) is 5.91 Å². The van der Waals surface area contributed by atoms with E-state index in [0.717, 1.165) is 16.3 Å². The van der Waals surface area contributed by atoms with Crippen molar-refractivity contribution in [3.8, 4) is 0 Å². The Kier molecular flexibility index (Phi) is 6.56. The predicted octanol–water partition coefficient (Wildman–Crippen LogP) is 2.44. The molecule has 1 unspecified atom stereocenters. The summed E-state index contributed by atoms with van der Waals surface area (Å²) in [6.45, 7) is 4.32. The van der Waals surface area contributed by atoms with Crippen molar-refractivity contribution in [2.45, 2.75) is 37.6 Å². The summed E-state index contributed by atoms with van der Waals surface area (Å²) in [6, 6.07) is 6.32. The van der Waals surface area contributed by atoms with Crippen molar-refractivity contribution in [1.82, 2.24) is 14.6 Å². The van der Waals surface area contributed by atoms with Crippen LogP contribution in [0.5, 0.6) is 0 Å². The van der Waals surface area contributed by atoms with E-state index in [1.165, 1.54) is 16.1 Å². The van der Waals surface area contributed by atoms with Crippen molar-refractivity contribution in [2.24, 2.45) is 0 Å². The number of carbonyl (C=O) groups excluding carboxylic acids is 1. The first-order chi connectivity index (χ1) is 12.9. The predicted molar refractivity (Wildman–Crippen MR) is 110 cm³/mol. The normalized spacial score (nSPS) is 17.9. The lowest BCUT2D eigenvalue weighted by Crippen LogP contribution is -2.47. The van der Waals surface area contributed by atoms with Gasteiger partial charge in [0.25, 0.3) is 0 Å². The molecule has 27 heavy (non-hydrogen) atoms. The second-order valence-electron chi connectivity index (χ2n) is 6.27. The van der Waals surface area contributed by atoms with Crippen LogP contribution in [0, 0.1) is 6.92 Å². The number of thioether (sulfide) groups is 1. The van der Waals surface area contributed by atoms with Crippen molar-refractivity contribution < 1.29 is 13.2 Å². The monoisotopic (exact) mass is 425 g/mol. The molecule has 1 aliphatic heterocycles. The Labute approximate surface area is 168 Å². The van der Waals surface area contributed by atoms with Crippen LogP contribution < -0.4 is 5.32 Å². The van der Waals surface area contributed by atoms with E-state index >= 15 is 0 Å². The number of amides is 1. The van der Waals surface area contributed by atoms with Crippen LogP contribution in [0.25, 0.3) is 0 Å². The Bertz CT molecular complexity index is 911. The van der Waals surface area contributed by atoms with Crippen LogP contribution in [0.1, 0.15) is 23.2 Å². The standard InChI is InChI=1S/C18H23N3O3S3/c1-3-14-6-4-5-7-17(14)27(23,24)21-12-25-11-16(21)18(22)19-9-8-15-10-26-13(2)20-15/h4-7,10,16H,3,8-9,11-12H2,1-2H3,(H,19,22). The number of aryl methyl sites for hydroxylation is 2. The molecule has 1 atom stereocenters. The second kappa shape index (κ2) is 8.72. The lowest BCUT2D eigenvalue weighted by atomic mass is 10.2. The van der Waals surface area contributed by atoms with Crippen molar-refractivity contribution in [3.63, 3.8) is 0 Å². The molecule has 1 aromatic carbocycles. The molecule has 146 valence electrons. The Morgan fingerprint density at radius 1 is 1.37 bits per heavy atom. The maximum Gasteiger partial charge on any atom is 0.244 e. The average molecular weight is 426 g/mol. The molecular formula is C18H23N3O3S3. The first kappa shape index (κ1) is 20.3. The summed E-state index contributed by atoms with van der Waals surface area (Å²) in [5.41, 5.74) is 1.72. The highest BCUT2D eigenvalue weighted by molar-refractivity contribution is 8.00. The molecule has 3 rings (SSSR count). The van der Waals surface area contributed by atoms with Crippen LogP contribution in [-0.4, -0.2) is 47.8 Å². The number of hydrogen-bond acceptors (Lipinski definition) is 6. The molecule has 2 heterocycles. The fraction of sp³-hybridized carbons (Fsp3) is 0.444. The Morgan fingerprint density at radius 3 is 2.85 bits per heavy atom. The number of aromatic nitrogens is 1. The van der Waals surface area contributed by atoms with Gasteiger partial charge in [-0.05, 0) is 25.0 Å². The molecule has 0 aliphatic carbocycles. The summed E-state index contributed by atoms with van der Waals surface area (Å²) in [7, 11) is -3.71. The molecule has 0 radical (unpaired) electrons. The number of hydrogen-bond donors (Lipinski definition) is 1. The minimum absolute atomic E-state index is 0.246. The maximum absolute atomic E-state index is 13.2. The van der Waals surface area contributed by atoms with Crippen molar-refractivity contribution in [1.29, 1.82) is 0 Å². The first-order valence-electron chi connectivity index (χ1n) is 8.79. The third-order valence-electron chi connectivity index (χ3n) is 4.43. The maximum atomic E-state index is 13.2. The number of sulfonamides is 1. The molecule has 0 bridgehead atoms. The number of thiazole rings is 1. The van der Waals surface area contributed by atoms with E-state index in [9.17, 15) is 13.2 Å². The zero-order valence-electron chi connectivity index (χ0n) is 15.3. The van der Waals surface area contributed by atoms with Crippen LogP contribution in [0.4, 0.5) is 0 Å². The molecule has 6 nitrogen and oxygen atoms in total. The highest BCUT2D eigenvalue weighted by Gasteiger charge is 2.40. The fourth-order valence-corrected chi connectivity index (χ4v) is 7.09. The van der Waals surface area contributed by atoms with Gasteiger partial charge in [0.05, 0.1) is 21.5 Å². The van der Waals surface area contributed by atoms with Gasteiger partial charge in [-0.2, -0.15) is 4.31 Å². The number of benzene rings is 1. The molecule has 9 heteroatoms. The Balaban J connectivity index is 1.69. The molecule has 1 saturated heterocycles. The van der Waals surface area contributed by atoms with E-state index in [1.54, 1.807) is 23.5 Å². The quantitative estimate of drug-likeness (QED) is 0.737. The van der Waals surface area contributed by atoms with Gasteiger partial charge in [-0.1, -0.05) is 25.1 Å². The van der Waals surface area contributed by atoms with Crippen LogP contribution >= 0.6 is 23.1 Å². The summed E-state index contributed by atoms with van der Waals surface area (Å²) in [4.78, 5) is 17.3. The van der Waals surface area contributed by atoms with Gasteiger partial charge in [-0.3, -0.25) is 4.79 Å². The summed E-state index contributed by atoms with van der Waals surface area (Å²) < 4.78 is 27.6. The van der Waals surface area contributed by atoms with E-state index in [2.05, 4.69) is 10.3 Å². The van der Waals surface area contributed by atoms with Crippen LogP contribution in [0.15, 0.2) is 34.5 Å². The van der Waals surface area contributed by atoms with Gasteiger partial charge in [-0.15, -0.1) is 23.1 Å². The summed E-state index contributed by atoms with van der Waals surface area (Å²) >= 11 is 3.04. The third-order valence-corrected chi connectivity index (χ3v) is 8.38. The number of carbonyl (C=O) groups is 1. The van der Waals surface area contributed by atoms with E-state index < -0.39 is 16.1 Å². The van der Waals surface area contributed by atoms with Gasteiger partial charge in [0.15, 0.2) is 0 Å². The highest BCUT2D eigenvalue weighted by atomic mass is 32.2. The summed E-state index contributed by atoms with van der Waals surface area (Å²) in [5, 5.41) is 5.84. The SMILES string of the molecule is CCc1ccccc1S(=O)(=O)N1CSCC1C(=O)NCCc1csc(C)n1.